The Hall–Kier alpha value is -1.68. The monoisotopic (exact) mass is 223 g/mol. The van der Waals surface area contributed by atoms with Crippen LogP contribution < -0.4 is 10.5 Å². The molecule has 3 N–H and O–H groups in total. The van der Waals surface area contributed by atoms with E-state index in [4.69, 9.17) is 22.1 Å². The number of nitrogens with two attached hydrogens (primary N) is 1. The lowest BCUT2D eigenvalue weighted by molar-refractivity contribution is 0.307. The molecule has 0 unspecified atom stereocenters. The number of nitrogen functional groups attached to an aromatic ring is 1. The van der Waals surface area contributed by atoms with Crippen LogP contribution in [0, 0.1) is 0 Å². The Morgan fingerprint density at radius 1 is 1.40 bits per heavy atom. The number of para-hydroxylation sites is 1. The molecule has 1 aromatic heterocycles. The molecule has 1 heterocycles. The maximum atomic E-state index is 5.92. The topological polar surface area (TPSA) is 63.9 Å². The summed E-state index contributed by atoms with van der Waals surface area (Å²) >= 11 is 5.92. The van der Waals surface area contributed by atoms with E-state index >= 15 is 0 Å². The predicted octanol–water partition coefficient (Wildman–Crippen LogP) is 2.22. The van der Waals surface area contributed by atoms with Gasteiger partial charge in [0.05, 0.1) is 16.8 Å². The molecule has 0 bridgehead atoms. The van der Waals surface area contributed by atoms with Crippen molar-refractivity contribution in [3.05, 3.63) is 41.0 Å². The van der Waals surface area contributed by atoms with Crippen molar-refractivity contribution in [2.24, 2.45) is 0 Å². The number of anilines is 1. The van der Waals surface area contributed by atoms with Crippen LogP contribution in [0.2, 0.25) is 5.02 Å². The van der Waals surface area contributed by atoms with E-state index in [0.717, 1.165) is 5.56 Å². The van der Waals surface area contributed by atoms with Crippen LogP contribution in [-0.2, 0) is 6.61 Å². The van der Waals surface area contributed by atoms with Gasteiger partial charge in [-0.3, -0.25) is 5.10 Å². The molecule has 0 saturated carbocycles. The van der Waals surface area contributed by atoms with E-state index in [9.17, 15) is 0 Å². The lowest BCUT2D eigenvalue weighted by atomic mass is 10.3. The standard InChI is InChI=1S/C10H10ClN3O/c11-8-3-1-2-4-9(8)15-6-7-5-13-14-10(7)12/h1-5H,6H2,(H3,12,13,14). The second kappa shape index (κ2) is 4.23. The highest BCUT2D eigenvalue weighted by Gasteiger charge is 2.04. The predicted molar refractivity (Wildman–Crippen MR) is 58.8 cm³/mol. The first-order chi connectivity index (χ1) is 7.27. The molecule has 0 amide bonds. The number of hydrogen-bond acceptors (Lipinski definition) is 3. The highest BCUT2D eigenvalue weighted by molar-refractivity contribution is 6.32. The molecule has 0 aliphatic carbocycles. The minimum atomic E-state index is 0.353. The number of rotatable bonds is 3. The third-order valence-electron chi connectivity index (χ3n) is 1.97. The van der Waals surface area contributed by atoms with Crippen LogP contribution in [0.15, 0.2) is 30.5 Å². The SMILES string of the molecule is Nc1[nH]ncc1COc1ccccc1Cl. The van der Waals surface area contributed by atoms with E-state index in [1.807, 2.05) is 12.1 Å². The van der Waals surface area contributed by atoms with Crippen molar-refractivity contribution in [2.45, 2.75) is 6.61 Å². The first kappa shape index (κ1) is 9.86. The maximum absolute atomic E-state index is 5.92. The Bertz CT molecular complexity index is 455. The van der Waals surface area contributed by atoms with Gasteiger partial charge in [-0.15, -0.1) is 0 Å². The molecule has 0 radical (unpaired) electrons. The first-order valence-electron chi connectivity index (χ1n) is 4.42. The summed E-state index contributed by atoms with van der Waals surface area (Å²) in [5.41, 5.74) is 6.43. The zero-order chi connectivity index (χ0) is 10.7. The van der Waals surface area contributed by atoms with Gasteiger partial charge in [0.15, 0.2) is 0 Å². The first-order valence-corrected chi connectivity index (χ1v) is 4.80. The van der Waals surface area contributed by atoms with Gasteiger partial charge >= 0.3 is 0 Å². The van der Waals surface area contributed by atoms with Crippen LogP contribution in [0.5, 0.6) is 5.75 Å². The summed E-state index contributed by atoms with van der Waals surface area (Å²) in [6, 6.07) is 7.29. The van der Waals surface area contributed by atoms with Gasteiger partial charge in [-0.1, -0.05) is 23.7 Å². The average Bonchev–Trinajstić information content (AvgIpc) is 2.63. The Labute approximate surface area is 92.0 Å². The number of benzene rings is 1. The van der Waals surface area contributed by atoms with Gasteiger partial charge in [0.1, 0.15) is 18.2 Å². The van der Waals surface area contributed by atoms with Crippen LogP contribution in [0.1, 0.15) is 5.56 Å². The van der Waals surface area contributed by atoms with Gasteiger partial charge in [0.2, 0.25) is 0 Å². The molecule has 0 atom stereocenters. The van der Waals surface area contributed by atoms with Crippen molar-refractivity contribution in [3.8, 4) is 5.75 Å². The van der Waals surface area contributed by atoms with E-state index in [2.05, 4.69) is 10.2 Å². The number of hydrogen-bond donors (Lipinski definition) is 2. The molecule has 15 heavy (non-hydrogen) atoms. The zero-order valence-electron chi connectivity index (χ0n) is 7.90. The minimum Gasteiger partial charge on any atom is -0.487 e. The fraction of sp³-hybridized carbons (Fsp3) is 0.100. The van der Waals surface area contributed by atoms with Gasteiger partial charge in [0.25, 0.3) is 0 Å². The summed E-state index contributed by atoms with van der Waals surface area (Å²) in [5.74, 6) is 1.15. The second-order valence-corrected chi connectivity index (χ2v) is 3.44. The summed E-state index contributed by atoms with van der Waals surface area (Å²) in [6.07, 6.45) is 1.63. The Kier molecular flexibility index (Phi) is 2.78. The zero-order valence-corrected chi connectivity index (χ0v) is 8.66. The van der Waals surface area contributed by atoms with Crippen molar-refractivity contribution in [3.63, 3.8) is 0 Å². The van der Waals surface area contributed by atoms with E-state index in [1.165, 1.54) is 0 Å². The molecule has 0 saturated heterocycles. The fourth-order valence-electron chi connectivity index (χ4n) is 1.15. The minimum absolute atomic E-state index is 0.353. The lowest BCUT2D eigenvalue weighted by Gasteiger charge is -2.06. The average molecular weight is 224 g/mol. The molecule has 5 heteroatoms. The fourth-order valence-corrected chi connectivity index (χ4v) is 1.34. The number of nitrogens with zero attached hydrogens (tertiary/aromatic N) is 1. The Balaban J connectivity index is 2.06. The smallest absolute Gasteiger partial charge is 0.138 e. The molecule has 1 aromatic carbocycles. The summed E-state index contributed by atoms with van der Waals surface area (Å²) in [7, 11) is 0. The van der Waals surface area contributed by atoms with E-state index in [1.54, 1.807) is 18.3 Å². The van der Waals surface area contributed by atoms with Crippen molar-refractivity contribution >= 4 is 17.4 Å². The maximum Gasteiger partial charge on any atom is 0.138 e. The number of H-pyrrole nitrogens is 1. The quantitative estimate of drug-likeness (QED) is 0.839. The summed E-state index contributed by atoms with van der Waals surface area (Å²) in [4.78, 5) is 0. The number of aromatic nitrogens is 2. The number of ether oxygens (including phenoxy) is 1. The normalized spacial score (nSPS) is 10.2. The lowest BCUT2D eigenvalue weighted by Crippen LogP contribution is -1.98. The van der Waals surface area contributed by atoms with Gasteiger partial charge < -0.3 is 10.5 Å². The molecule has 0 fully saturated rings. The van der Waals surface area contributed by atoms with E-state index < -0.39 is 0 Å². The molecule has 0 aliphatic rings. The molecule has 4 nitrogen and oxygen atoms in total. The van der Waals surface area contributed by atoms with Crippen LogP contribution in [0.3, 0.4) is 0 Å². The van der Waals surface area contributed by atoms with Crippen LogP contribution >= 0.6 is 11.6 Å². The number of nitrogens with one attached hydrogen (secondary N) is 1. The summed E-state index contributed by atoms with van der Waals surface area (Å²) < 4.78 is 5.49. The van der Waals surface area contributed by atoms with Crippen molar-refractivity contribution < 1.29 is 4.74 Å². The van der Waals surface area contributed by atoms with Crippen molar-refractivity contribution in [1.82, 2.24) is 10.2 Å². The number of halogens is 1. The van der Waals surface area contributed by atoms with Crippen molar-refractivity contribution in [1.29, 1.82) is 0 Å². The van der Waals surface area contributed by atoms with Gasteiger partial charge in [0, 0.05) is 0 Å². The Morgan fingerprint density at radius 2 is 2.20 bits per heavy atom. The molecule has 0 spiro atoms. The molecular formula is C10H10ClN3O. The number of aromatic amines is 1. The van der Waals surface area contributed by atoms with Crippen LogP contribution in [0.4, 0.5) is 5.82 Å². The van der Waals surface area contributed by atoms with Gasteiger partial charge in [-0.05, 0) is 12.1 Å². The highest BCUT2D eigenvalue weighted by Crippen LogP contribution is 2.24. The van der Waals surface area contributed by atoms with Gasteiger partial charge in [-0.2, -0.15) is 5.10 Å². The highest BCUT2D eigenvalue weighted by atomic mass is 35.5. The molecule has 2 aromatic rings. The largest absolute Gasteiger partial charge is 0.487 e. The second-order valence-electron chi connectivity index (χ2n) is 3.03. The van der Waals surface area contributed by atoms with E-state index in [-0.39, 0.29) is 0 Å². The van der Waals surface area contributed by atoms with Crippen LogP contribution in [0.25, 0.3) is 0 Å². The third-order valence-corrected chi connectivity index (χ3v) is 2.28. The van der Waals surface area contributed by atoms with E-state index in [0.29, 0.717) is 23.2 Å². The van der Waals surface area contributed by atoms with Crippen molar-refractivity contribution in [2.75, 3.05) is 5.73 Å². The Morgan fingerprint density at radius 3 is 2.87 bits per heavy atom. The third kappa shape index (κ3) is 2.22. The summed E-state index contributed by atoms with van der Waals surface area (Å²) in [6.45, 7) is 0.353. The molecule has 0 aliphatic heterocycles. The van der Waals surface area contributed by atoms with Crippen LogP contribution in [-0.4, -0.2) is 10.2 Å². The molecule has 2 rings (SSSR count). The molecule has 78 valence electrons. The summed E-state index contributed by atoms with van der Waals surface area (Å²) in [5, 5.41) is 7.01. The molecular weight excluding hydrogens is 214 g/mol. The van der Waals surface area contributed by atoms with Gasteiger partial charge in [-0.25, -0.2) is 0 Å².